The Morgan fingerprint density at radius 2 is 2.43 bits per heavy atom. The van der Waals surface area contributed by atoms with E-state index in [1.54, 1.807) is 6.20 Å². The van der Waals surface area contributed by atoms with Crippen LogP contribution in [0, 0.1) is 0 Å². The first-order valence-corrected chi connectivity index (χ1v) is 4.58. The number of nitrogens with one attached hydrogen (secondary N) is 1. The summed E-state index contributed by atoms with van der Waals surface area (Å²) in [5, 5.41) is 9.89. The minimum atomic E-state index is -0.205. The molecular formula is C10H13N3O. The Morgan fingerprint density at radius 1 is 1.57 bits per heavy atom. The third kappa shape index (κ3) is 1.76. The predicted octanol–water partition coefficient (Wildman–Crippen LogP) is 0.425. The highest BCUT2D eigenvalue weighted by Gasteiger charge is 2.05. The van der Waals surface area contributed by atoms with Crippen LogP contribution in [0.2, 0.25) is 0 Å². The molecule has 0 amide bonds. The van der Waals surface area contributed by atoms with E-state index in [1.807, 2.05) is 18.2 Å². The van der Waals surface area contributed by atoms with Crippen molar-refractivity contribution < 1.29 is 5.11 Å². The number of aliphatic hydroxyl groups excluding tert-OH is 1. The molecule has 0 fully saturated rings. The molecule has 2 rings (SSSR count). The maximum absolute atomic E-state index is 8.82. The molecule has 2 heterocycles. The number of aromatic nitrogens is 2. The summed E-state index contributed by atoms with van der Waals surface area (Å²) >= 11 is 0. The third-order valence-corrected chi connectivity index (χ3v) is 2.16. The number of H-pyrrole nitrogens is 1. The quantitative estimate of drug-likeness (QED) is 0.658. The number of nitrogens with two attached hydrogens (primary N) is 1. The number of fused-ring (bicyclic) bond motifs is 1. The molecule has 0 bridgehead atoms. The van der Waals surface area contributed by atoms with Crippen LogP contribution in [-0.2, 0) is 6.42 Å². The lowest BCUT2D eigenvalue weighted by atomic mass is 10.2. The van der Waals surface area contributed by atoms with Crippen LogP contribution in [0.25, 0.3) is 11.0 Å². The fraction of sp³-hybridized carbons (Fsp3) is 0.300. The van der Waals surface area contributed by atoms with Crippen LogP contribution in [0.4, 0.5) is 0 Å². The Labute approximate surface area is 81.8 Å². The highest BCUT2D eigenvalue weighted by Crippen LogP contribution is 2.12. The van der Waals surface area contributed by atoms with Gasteiger partial charge in [0.1, 0.15) is 5.65 Å². The second kappa shape index (κ2) is 3.77. The summed E-state index contributed by atoms with van der Waals surface area (Å²) in [7, 11) is 0. The molecule has 74 valence electrons. The van der Waals surface area contributed by atoms with Gasteiger partial charge in [-0.1, -0.05) is 0 Å². The van der Waals surface area contributed by atoms with Gasteiger partial charge in [-0.15, -0.1) is 0 Å². The standard InChI is InChI=1S/C10H13N3O/c11-8(6-14)5-9-4-7-2-1-3-12-10(7)13-9/h1-4,8,14H,5-6,11H2,(H,12,13)/t8-/m0/s1. The average Bonchev–Trinajstić information content (AvgIpc) is 2.59. The zero-order valence-electron chi connectivity index (χ0n) is 7.77. The van der Waals surface area contributed by atoms with Gasteiger partial charge in [0.05, 0.1) is 6.61 Å². The zero-order valence-corrected chi connectivity index (χ0v) is 7.77. The lowest BCUT2D eigenvalue weighted by molar-refractivity contribution is 0.265. The lowest BCUT2D eigenvalue weighted by Gasteiger charge is -2.04. The van der Waals surface area contributed by atoms with E-state index < -0.39 is 0 Å². The van der Waals surface area contributed by atoms with Crippen molar-refractivity contribution in [3.63, 3.8) is 0 Å². The van der Waals surface area contributed by atoms with Crippen molar-refractivity contribution in [2.45, 2.75) is 12.5 Å². The molecule has 2 aromatic rings. The fourth-order valence-electron chi connectivity index (χ4n) is 1.47. The van der Waals surface area contributed by atoms with Crippen molar-refractivity contribution in [3.8, 4) is 0 Å². The first-order valence-electron chi connectivity index (χ1n) is 4.58. The van der Waals surface area contributed by atoms with Gasteiger partial charge >= 0.3 is 0 Å². The van der Waals surface area contributed by atoms with Crippen molar-refractivity contribution in [2.75, 3.05) is 6.61 Å². The van der Waals surface area contributed by atoms with E-state index in [0.717, 1.165) is 16.7 Å². The molecule has 0 radical (unpaired) electrons. The molecule has 0 spiro atoms. The topological polar surface area (TPSA) is 74.9 Å². The molecule has 0 aliphatic heterocycles. The summed E-state index contributed by atoms with van der Waals surface area (Å²) in [6.07, 6.45) is 2.39. The van der Waals surface area contributed by atoms with Crippen LogP contribution in [-0.4, -0.2) is 27.7 Å². The molecule has 0 saturated carbocycles. The number of hydrogen-bond donors (Lipinski definition) is 3. The van der Waals surface area contributed by atoms with Crippen LogP contribution < -0.4 is 5.73 Å². The highest BCUT2D eigenvalue weighted by atomic mass is 16.3. The molecule has 0 unspecified atom stereocenters. The van der Waals surface area contributed by atoms with Gasteiger partial charge in [0.25, 0.3) is 0 Å². The van der Waals surface area contributed by atoms with Crippen molar-refractivity contribution in [2.24, 2.45) is 5.73 Å². The van der Waals surface area contributed by atoms with E-state index in [-0.39, 0.29) is 12.6 Å². The summed E-state index contributed by atoms with van der Waals surface area (Å²) in [6.45, 7) is 0.00277. The lowest BCUT2D eigenvalue weighted by Crippen LogP contribution is -2.26. The van der Waals surface area contributed by atoms with Gasteiger partial charge < -0.3 is 15.8 Å². The maximum atomic E-state index is 8.82. The Hall–Kier alpha value is -1.39. The molecule has 4 N–H and O–H groups in total. The van der Waals surface area contributed by atoms with Crippen LogP contribution >= 0.6 is 0 Å². The fourth-order valence-corrected chi connectivity index (χ4v) is 1.47. The SMILES string of the molecule is N[C@H](CO)Cc1cc2cccnc2[nH]1. The molecule has 14 heavy (non-hydrogen) atoms. The van der Waals surface area contributed by atoms with Gasteiger partial charge in [0.2, 0.25) is 0 Å². The van der Waals surface area contributed by atoms with Crippen LogP contribution in [0.3, 0.4) is 0 Å². The first-order chi connectivity index (χ1) is 6.79. The molecular weight excluding hydrogens is 178 g/mol. The number of nitrogens with zero attached hydrogens (tertiary/aromatic N) is 1. The van der Waals surface area contributed by atoms with Gasteiger partial charge in [-0.2, -0.15) is 0 Å². The highest BCUT2D eigenvalue weighted by molar-refractivity contribution is 5.76. The second-order valence-corrected chi connectivity index (χ2v) is 3.38. The summed E-state index contributed by atoms with van der Waals surface area (Å²) < 4.78 is 0. The average molecular weight is 191 g/mol. The third-order valence-electron chi connectivity index (χ3n) is 2.16. The van der Waals surface area contributed by atoms with Gasteiger partial charge in [-0.25, -0.2) is 4.98 Å². The van der Waals surface area contributed by atoms with E-state index in [9.17, 15) is 0 Å². The normalized spacial score (nSPS) is 13.3. The number of rotatable bonds is 3. The minimum absolute atomic E-state index is 0.00277. The molecule has 0 aromatic carbocycles. The number of aromatic amines is 1. The number of hydrogen-bond acceptors (Lipinski definition) is 3. The van der Waals surface area contributed by atoms with E-state index in [1.165, 1.54) is 0 Å². The van der Waals surface area contributed by atoms with E-state index in [4.69, 9.17) is 10.8 Å². The van der Waals surface area contributed by atoms with Crippen LogP contribution in [0.15, 0.2) is 24.4 Å². The Balaban J connectivity index is 2.27. The molecule has 0 aliphatic carbocycles. The van der Waals surface area contributed by atoms with Crippen molar-refractivity contribution in [3.05, 3.63) is 30.1 Å². The second-order valence-electron chi connectivity index (χ2n) is 3.38. The smallest absolute Gasteiger partial charge is 0.137 e. The summed E-state index contributed by atoms with van der Waals surface area (Å²) in [5.41, 5.74) is 7.52. The van der Waals surface area contributed by atoms with E-state index in [2.05, 4.69) is 9.97 Å². The van der Waals surface area contributed by atoms with Crippen molar-refractivity contribution in [1.29, 1.82) is 0 Å². The van der Waals surface area contributed by atoms with Crippen molar-refractivity contribution in [1.82, 2.24) is 9.97 Å². The van der Waals surface area contributed by atoms with E-state index in [0.29, 0.717) is 6.42 Å². The van der Waals surface area contributed by atoms with Gasteiger partial charge in [-0.3, -0.25) is 0 Å². The largest absolute Gasteiger partial charge is 0.395 e. The van der Waals surface area contributed by atoms with Crippen molar-refractivity contribution >= 4 is 11.0 Å². The summed E-state index contributed by atoms with van der Waals surface area (Å²) in [6, 6.07) is 5.69. The van der Waals surface area contributed by atoms with Gasteiger partial charge in [0.15, 0.2) is 0 Å². The Kier molecular flexibility index (Phi) is 2.47. The zero-order chi connectivity index (χ0) is 9.97. The number of aliphatic hydroxyl groups is 1. The Morgan fingerprint density at radius 3 is 3.14 bits per heavy atom. The minimum Gasteiger partial charge on any atom is -0.395 e. The van der Waals surface area contributed by atoms with Gasteiger partial charge in [-0.05, 0) is 18.2 Å². The molecule has 4 heteroatoms. The van der Waals surface area contributed by atoms with Crippen LogP contribution in [0.5, 0.6) is 0 Å². The molecule has 0 aliphatic rings. The maximum Gasteiger partial charge on any atom is 0.137 e. The molecule has 0 saturated heterocycles. The van der Waals surface area contributed by atoms with Crippen LogP contribution in [0.1, 0.15) is 5.69 Å². The molecule has 4 nitrogen and oxygen atoms in total. The molecule has 2 aromatic heterocycles. The first kappa shape index (κ1) is 9.18. The number of pyridine rings is 1. The Bertz CT molecular complexity index is 391. The monoisotopic (exact) mass is 191 g/mol. The van der Waals surface area contributed by atoms with E-state index >= 15 is 0 Å². The molecule has 1 atom stereocenters. The summed E-state index contributed by atoms with van der Waals surface area (Å²) in [5.74, 6) is 0. The summed E-state index contributed by atoms with van der Waals surface area (Å²) in [4.78, 5) is 7.33. The predicted molar refractivity (Wildman–Crippen MR) is 54.9 cm³/mol. The van der Waals surface area contributed by atoms with Gasteiger partial charge in [0, 0.05) is 29.7 Å².